The molecule has 0 unspecified atom stereocenters. The highest BCUT2D eigenvalue weighted by Crippen LogP contribution is 2.34. The molecule has 1 aromatic carbocycles. The van der Waals surface area contributed by atoms with E-state index in [0.29, 0.717) is 29.7 Å². The third-order valence-electron chi connectivity index (χ3n) is 4.44. The Bertz CT molecular complexity index is 1170. The number of carbonyl (C=O) groups excluding carboxylic acids is 1. The molecule has 11 heteroatoms. The number of aromatic nitrogens is 3. The minimum Gasteiger partial charge on any atom is -0.467 e. The van der Waals surface area contributed by atoms with E-state index in [1.807, 2.05) is 28.1 Å². The molecule has 166 valence electrons. The molecule has 4 rings (SSSR count). The monoisotopic (exact) mass is 478 g/mol. The number of thiophene rings is 1. The van der Waals surface area contributed by atoms with E-state index in [4.69, 9.17) is 4.42 Å². The van der Waals surface area contributed by atoms with E-state index in [-0.39, 0.29) is 11.4 Å². The van der Waals surface area contributed by atoms with Crippen molar-refractivity contribution >= 4 is 34.7 Å². The molecule has 4 aromatic rings. The van der Waals surface area contributed by atoms with Gasteiger partial charge in [0.25, 0.3) is 0 Å². The maximum atomic E-state index is 13.2. The van der Waals surface area contributed by atoms with Crippen LogP contribution in [-0.2, 0) is 23.9 Å². The maximum absolute atomic E-state index is 13.2. The van der Waals surface area contributed by atoms with Crippen LogP contribution in [-0.4, -0.2) is 26.4 Å². The number of carbonyl (C=O) groups is 1. The molecule has 1 amide bonds. The van der Waals surface area contributed by atoms with E-state index in [0.717, 1.165) is 22.7 Å². The van der Waals surface area contributed by atoms with Crippen molar-refractivity contribution in [2.45, 2.75) is 24.3 Å². The Labute approximate surface area is 189 Å². The van der Waals surface area contributed by atoms with Gasteiger partial charge in [-0.25, -0.2) is 0 Å². The smallest absolute Gasteiger partial charge is 0.418 e. The standard InChI is InChI=1S/C21H17F3N4O2S2/c22-21(23,24)16-7-1-2-8-17(16)25-19(29)13-32-20-27-26-18(11-15-6-4-10-31-15)28(20)12-14-5-3-9-30-14/h1-10H,11-13H2,(H,25,29). The summed E-state index contributed by atoms with van der Waals surface area (Å²) in [6.07, 6.45) is -2.43. The van der Waals surface area contributed by atoms with Crippen LogP contribution in [0.2, 0.25) is 0 Å². The first-order chi connectivity index (χ1) is 15.4. The zero-order chi connectivity index (χ0) is 22.6. The predicted octanol–water partition coefficient (Wildman–Crippen LogP) is 5.32. The van der Waals surface area contributed by atoms with Crippen LogP contribution < -0.4 is 5.32 Å². The molecule has 0 fully saturated rings. The number of para-hydroxylation sites is 1. The van der Waals surface area contributed by atoms with Gasteiger partial charge in [0.15, 0.2) is 5.16 Å². The minimum atomic E-state index is -4.56. The summed E-state index contributed by atoms with van der Waals surface area (Å²) in [6.45, 7) is 0.377. The van der Waals surface area contributed by atoms with Gasteiger partial charge in [0, 0.05) is 11.3 Å². The quantitative estimate of drug-likeness (QED) is 0.347. The fourth-order valence-corrected chi connectivity index (χ4v) is 4.46. The molecule has 6 nitrogen and oxygen atoms in total. The molecule has 1 N–H and O–H groups in total. The van der Waals surface area contributed by atoms with Crippen molar-refractivity contribution in [3.63, 3.8) is 0 Å². The summed E-state index contributed by atoms with van der Waals surface area (Å²) < 4.78 is 46.7. The number of hydrogen-bond acceptors (Lipinski definition) is 6. The van der Waals surface area contributed by atoms with Gasteiger partial charge in [-0.2, -0.15) is 13.2 Å². The number of nitrogens with zero attached hydrogens (tertiary/aromatic N) is 3. The zero-order valence-electron chi connectivity index (χ0n) is 16.5. The van der Waals surface area contributed by atoms with E-state index in [1.165, 1.54) is 18.2 Å². The number of thioether (sulfide) groups is 1. The second-order valence-corrected chi connectivity index (χ2v) is 8.68. The zero-order valence-corrected chi connectivity index (χ0v) is 18.1. The number of amides is 1. The number of benzene rings is 1. The summed E-state index contributed by atoms with van der Waals surface area (Å²) in [4.78, 5) is 13.5. The fraction of sp³-hybridized carbons (Fsp3) is 0.190. The summed E-state index contributed by atoms with van der Waals surface area (Å²) in [6, 6.07) is 12.4. The number of alkyl halides is 3. The Balaban J connectivity index is 1.48. The molecule has 0 saturated heterocycles. The van der Waals surface area contributed by atoms with E-state index in [2.05, 4.69) is 15.5 Å². The average Bonchev–Trinajstić information content (AvgIpc) is 3.51. The van der Waals surface area contributed by atoms with Crippen molar-refractivity contribution in [3.05, 3.63) is 82.2 Å². The Morgan fingerprint density at radius 1 is 1.12 bits per heavy atom. The molecule has 3 aromatic heterocycles. The third-order valence-corrected chi connectivity index (χ3v) is 6.28. The van der Waals surface area contributed by atoms with Crippen molar-refractivity contribution in [3.8, 4) is 0 Å². The number of hydrogen-bond donors (Lipinski definition) is 1. The lowest BCUT2D eigenvalue weighted by Crippen LogP contribution is -2.18. The highest BCUT2D eigenvalue weighted by atomic mass is 32.2. The van der Waals surface area contributed by atoms with Gasteiger partial charge < -0.3 is 9.73 Å². The van der Waals surface area contributed by atoms with Crippen LogP contribution in [0, 0.1) is 0 Å². The van der Waals surface area contributed by atoms with E-state index in [9.17, 15) is 18.0 Å². The Morgan fingerprint density at radius 3 is 2.69 bits per heavy atom. The molecule has 0 bridgehead atoms. The highest BCUT2D eigenvalue weighted by Gasteiger charge is 2.33. The Hall–Kier alpha value is -3.05. The summed E-state index contributed by atoms with van der Waals surface area (Å²) in [5.74, 6) is 0.706. The van der Waals surface area contributed by atoms with Gasteiger partial charge in [0.1, 0.15) is 11.6 Å². The predicted molar refractivity (Wildman–Crippen MR) is 116 cm³/mol. The summed E-state index contributed by atoms with van der Waals surface area (Å²) in [5.41, 5.74) is -1.17. The number of anilines is 1. The molecule has 0 radical (unpaired) electrons. The van der Waals surface area contributed by atoms with Crippen LogP contribution in [0.25, 0.3) is 0 Å². The SMILES string of the molecule is O=C(CSc1nnc(Cc2cccs2)n1Cc1ccco1)Nc1ccccc1C(F)(F)F. The molecule has 0 aliphatic heterocycles. The molecule has 3 heterocycles. The van der Waals surface area contributed by atoms with Crippen molar-refractivity contribution in [1.29, 1.82) is 0 Å². The normalized spacial score (nSPS) is 11.6. The van der Waals surface area contributed by atoms with Crippen LogP contribution >= 0.6 is 23.1 Å². The Kier molecular flexibility index (Phi) is 6.66. The summed E-state index contributed by atoms with van der Waals surface area (Å²) in [7, 11) is 0. The second-order valence-electron chi connectivity index (χ2n) is 6.70. The fourth-order valence-electron chi connectivity index (χ4n) is 3.00. The van der Waals surface area contributed by atoms with Crippen molar-refractivity contribution < 1.29 is 22.4 Å². The molecule has 0 spiro atoms. The first-order valence-corrected chi connectivity index (χ1v) is 11.3. The largest absolute Gasteiger partial charge is 0.467 e. The lowest BCUT2D eigenvalue weighted by atomic mass is 10.1. The van der Waals surface area contributed by atoms with Crippen LogP contribution in [0.5, 0.6) is 0 Å². The van der Waals surface area contributed by atoms with E-state index < -0.39 is 17.6 Å². The minimum absolute atomic E-state index is 0.124. The number of rotatable bonds is 8. The maximum Gasteiger partial charge on any atom is 0.418 e. The van der Waals surface area contributed by atoms with Crippen LogP contribution in [0.3, 0.4) is 0 Å². The molecule has 32 heavy (non-hydrogen) atoms. The Morgan fingerprint density at radius 2 is 1.97 bits per heavy atom. The van der Waals surface area contributed by atoms with Crippen molar-refractivity contribution in [2.24, 2.45) is 0 Å². The first-order valence-electron chi connectivity index (χ1n) is 9.46. The molecule has 0 aliphatic carbocycles. The van der Waals surface area contributed by atoms with Crippen molar-refractivity contribution in [2.75, 3.05) is 11.1 Å². The number of halogens is 3. The van der Waals surface area contributed by atoms with Crippen LogP contribution in [0.4, 0.5) is 18.9 Å². The molecule has 0 aliphatic rings. The van der Waals surface area contributed by atoms with Crippen molar-refractivity contribution in [1.82, 2.24) is 14.8 Å². The third kappa shape index (κ3) is 5.40. The lowest BCUT2D eigenvalue weighted by Gasteiger charge is -2.13. The summed E-state index contributed by atoms with van der Waals surface area (Å²) in [5, 5.41) is 13.2. The van der Waals surface area contributed by atoms with E-state index in [1.54, 1.807) is 23.7 Å². The lowest BCUT2D eigenvalue weighted by molar-refractivity contribution is -0.137. The molecule has 0 saturated carbocycles. The average molecular weight is 479 g/mol. The summed E-state index contributed by atoms with van der Waals surface area (Å²) >= 11 is 2.70. The van der Waals surface area contributed by atoms with Gasteiger partial charge in [-0.15, -0.1) is 21.5 Å². The van der Waals surface area contributed by atoms with Gasteiger partial charge in [0.05, 0.1) is 29.8 Å². The molecular weight excluding hydrogens is 461 g/mol. The van der Waals surface area contributed by atoms with Gasteiger partial charge in [-0.3, -0.25) is 9.36 Å². The second kappa shape index (κ2) is 9.61. The van der Waals surface area contributed by atoms with Crippen LogP contribution in [0.15, 0.2) is 69.7 Å². The van der Waals surface area contributed by atoms with Crippen LogP contribution in [0.1, 0.15) is 22.0 Å². The number of furan rings is 1. The van der Waals surface area contributed by atoms with Gasteiger partial charge in [-0.1, -0.05) is 30.0 Å². The molecule has 0 atom stereocenters. The topological polar surface area (TPSA) is 73.0 Å². The van der Waals surface area contributed by atoms with Gasteiger partial charge in [-0.05, 0) is 35.7 Å². The molecular formula is C21H17F3N4O2S2. The van der Waals surface area contributed by atoms with Gasteiger partial charge in [0.2, 0.25) is 5.91 Å². The first kappa shape index (κ1) is 22.2. The van der Waals surface area contributed by atoms with E-state index >= 15 is 0 Å². The van der Waals surface area contributed by atoms with Gasteiger partial charge >= 0.3 is 6.18 Å². The number of nitrogens with one attached hydrogen (secondary N) is 1. The highest BCUT2D eigenvalue weighted by molar-refractivity contribution is 7.99.